The van der Waals surface area contributed by atoms with E-state index in [1.807, 2.05) is 0 Å². The zero-order chi connectivity index (χ0) is 33.3. The third-order valence-corrected chi connectivity index (χ3v) is 9.34. The van der Waals surface area contributed by atoms with Gasteiger partial charge in [-0.05, 0) is 56.0 Å². The van der Waals surface area contributed by atoms with Crippen molar-refractivity contribution >= 4 is 22.8 Å². The molecular formula is C45H72N2Ni. The van der Waals surface area contributed by atoms with Crippen molar-refractivity contribution in [3.8, 4) is 0 Å². The molecule has 0 aromatic heterocycles. The summed E-state index contributed by atoms with van der Waals surface area (Å²) >= 11 is 0. The Bertz CT molecular complexity index is 1040. The molecule has 0 unspecified atom stereocenters. The van der Waals surface area contributed by atoms with Gasteiger partial charge in [-0.25, -0.2) is 4.99 Å². The van der Waals surface area contributed by atoms with Gasteiger partial charge in [0, 0.05) is 16.5 Å². The zero-order valence-electron chi connectivity index (χ0n) is 31.2. The first-order chi connectivity index (χ1) is 23.3. The van der Waals surface area contributed by atoms with E-state index in [2.05, 4.69) is 86.7 Å². The summed E-state index contributed by atoms with van der Waals surface area (Å²) < 4.78 is 0. The second-order valence-electron chi connectivity index (χ2n) is 13.8. The Morgan fingerprint density at radius 1 is 0.438 bits per heavy atom. The molecule has 0 aliphatic carbocycles. The van der Waals surface area contributed by atoms with Gasteiger partial charge in [0.2, 0.25) is 0 Å². The van der Waals surface area contributed by atoms with Gasteiger partial charge in [0.25, 0.3) is 0 Å². The molecule has 0 radical (unpaired) electrons. The predicted molar refractivity (Wildman–Crippen MR) is 212 cm³/mol. The van der Waals surface area contributed by atoms with Crippen LogP contribution in [-0.2, 0) is 16.5 Å². The molecule has 2 nitrogen and oxygen atoms in total. The van der Waals surface area contributed by atoms with Crippen LogP contribution in [0.3, 0.4) is 0 Å². The number of unbranched alkanes of at least 4 members (excludes halogenated alkanes) is 24. The molecule has 0 bridgehead atoms. The summed E-state index contributed by atoms with van der Waals surface area (Å²) in [6, 6.07) is 20.8. The number of nitrogens with zero attached hydrogens (tertiary/aromatic N) is 2. The molecule has 0 saturated heterocycles. The van der Waals surface area contributed by atoms with E-state index in [1.165, 1.54) is 154 Å². The van der Waals surface area contributed by atoms with E-state index in [1.54, 1.807) is 0 Å². The van der Waals surface area contributed by atoms with Gasteiger partial charge in [0.1, 0.15) is 0 Å². The maximum absolute atomic E-state index is 5.13. The molecule has 0 atom stereocenters. The molecular weight excluding hydrogens is 627 g/mol. The van der Waals surface area contributed by atoms with E-state index in [9.17, 15) is 0 Å². The Morgan fingerprint density at radius 2 is 0.792 bits per heavy atom. The first-order valence-electron chi connectivity index (χ1n) is 20.3. The standard InChI is InChI=1S/C45H72N2.Ni/c1-3-5-7-9-11-12-13-14-15-16-17-18-19-20-21-22-23-24-25-27-35-41-45(47-43-38-32-29-33-39-43)44(40-34-26-10-8-6-4-2)46-42-36-30-28-31-37-42;/h28-33,35-39,41H,3-27,34,40H2,1-2H3;/b41-35+,46-44?,47-45?;. The maximum atomic E-state index is 5.13. The van der Waals surface area contributed by atoms with Gasteiger partial charge in [0.05, 0.1) is 22.8 Å². The van der Waals surface area contributed by atoms with Gasteiger partial charge in [-0.15, -0.1) is 0 Å². The molecule has 0 aliphatic rings. The third kappa shape index (κ3) is 25.1. The fourth-order valence-corrected chi connectivity index (χ4v) is 6.35. The minimum Gasteiger partial charge on any atom is -0.251 e. The monoisotopic (exact) mass is 699 g/mol. The number of hydrogen-bond donors (Lipinski definition) is 0. The van der Waals surface area contributed by atoms with Gasteiger partial charge in [0.15, 0.2) is 0 Å². The Balaban J connectivity index is 0.0000115. The van der Waals surface area contributed by atoms with Crippen LogP contribution in [-0.4, -0.2) is 11.4 Å². The largest absolute Gasteiger partial charge is 0.251 e. The zero-order valence-corrected chi connectivity index (χ0v) is 32.2. The van der Waals surface area contributed by atoms with Crippen molar-refractivity contribution in [2.24, 2.45) is 9.98 Å². The van der Waals surface area contributed by atoms with Crippen LogP contribution >= 0.6 is 0 Å². The molecule has 0 spiro atoms. The van der Waals surface area contributed by atoms with E-state index in [4.69, 9.17) is 9.98 Å². The van der Waals surface area contributed by atoms with E-state index in [0.29, 0.717) is 0 Å². The average Bonchev–Trinajstić information content (AvgIpc) is 3.10. The number of para-hydroxylation sites is 2. The van der Waals surface area contributed by atoms with Crippen LogP contribution in [0.4, 0.5) is 11.4 Å². The minimum atomic E-state index is 0. The molecule has 272 valence electrons. The summed E-state index contributed by atoms with van der Waals surface area (Å²) in [6.45, 7) is 4.58. The second kappa shape index (κ2) is 33.5. The van der Waals surface area contributed by atoms with Crippen molar-refractivity contribution in [3.63, 3.8) is 0 Å². The van der Waals surface area contributed by atoms with Gasteiger partial charge >= 0.3 is 0 Å². The summed E-state index contributed by atoms with van der Waals surface area (Å²) in [7, 11) is 0. The summed E-state index contributed by atoms with van der Waals surface area (Å²) in [5.74, 6) is 0. The molecule has 2 aromatic carbocycles. The van der Waals surface area contributed by atoms with Crippen molar-refractivity contribution < 1.29 is 16.5 Å². The molecule has 0 fully saturated rings. The Hall–Kier alpha value is -1.99. The predicted octanol–water partition coefficient (Wildman–Crippen LogP) is 15.7. The van der Waals surface area contributed by atoms with Crippen molar-refractivity contribution in [1.82, 2.24) is 0 Å². The molecule has 0 saturated carbocycles. The van der Waals surface area contributed by atoms with Gasteiger partial charge < -0.3 is 0 Å². The number of allylic oxidation sites excluding steroid dienone is 2. The fourth-order valence-electron chi connectivity index (χ4n) is 6.35. The van der Waals surface area contributed by atoms with Crippen LogP contribution in [0.1, 0.15) is 187 Å². The molecule has 48 heavy (non-hydrogen) atoms. The first kappa shape index (κ1) is 44.0. The van der Waals surface area contributed by atoms with Crippen molar-refractivity contribution in [2.45, 2.75) is 187 Å². The van der Waals surface area contributed by atoms with Crippen molar-refractivity contribution in [3.05, 3.63) is 72.8 Å². The van der Waals surface area contributed by atoms with Crippen molar-refractivity contribution in [1.29, 1.82) is 0 Å². The molecule has 2 rings (SSSR count). The van der Waals surface area contributed by atoms with Crippen LogP contribution in [0, 0.1) is 0 Å². The molecule has 0 amide bonds. The number of benzene rings is 2. The molecule has 0 aliphatic heterocycles. The van der Waals surface area contributed by atoms with Crippen LogP contribution in [0.15, 0.2) is 82.8 Å². The molecule has 0 heterocycles. The Labute approximate surface area is 308 Å². The summed E-state index contributed by atoms with van der Waals surface area (Å²) in [4.78, 5) is 10.2. The SMILES string of the molecule is CCCCCCCCCCCCCCCCCCCCC/C=C/C(=Nc1ccccc1)C(CCCCCCCC)=Nc1ccccc1.[Ni]. The fraction of sp³-hybridized carbons (Fsp3) is 0.644. The molecule has 2 aromatic rings. The topological polar surface area (TPSA) is 24.7 Å². The smallest absolute Gasteiger partial charge is 0.0848 e. The average molecular weight is 700 g/mol. The molecule has 0 N–H and O–H groups in total. The van der Waals surface area contributed by atoms with E-state index in [0.717, 1.165) is 42.1 Å². The second-order valence-corrected chi connectivity index (χ2v) is 13.8. The third-order valence-electron chi connectivity index (χ3n) is 9.34. The van der Waals surface area contributed by atoms with Gasteiger partial charge in [-0.1, -0.05) is 204 Å². The summed E-state index contributed by atoms with van der Waals surface area (Å²) in [5, 5.41) is 0. The van der Waals surface area contributed by atoms with Gasteiger partial charge in [-0.2, -0.15) is 0 Å². The van der Waals surface area contributed by atoms with Crippen molar-refractivity contribution in [2.75, 3.05) is 0 Å². The number of hydrogen-bond acceptors (Lipinski definition) is 2. The van der Waals surface area contributed by atoms with Crippen LogP contribution in [0.25, 0.3) is 0 Å². The first-order valence-corrected chi connectivity index (χ1v) is 20.3. The van der Waals surface area contributed by atoms with Gasteiger partial charge in [-0.3, -0.25) is 4.99 Å². The summed E-state index contributed by atoms with van der Waals surface area (Å²) in [5.41, 5.74) is 4.15. The normalized spacial score (nSPS) is 12.1. The van der Waals surface area contributed by atoms with Crippen LogP contribution < -0.4 is 0 Å². The van der Waals surface area contributed by atoms with Crippen LogP contribution in [0.2, 0.25) is 0 Å². The number of rotatable bonds is 31. The minimum absolute atomic E-state index is 0. The quantitative estimate of drug-likeness (QED) is 0.0425. The summed E-state index contributed by atoms with van der Waals surface area (Å²) in [6.07, 6.45) is 41.4. The Kier molecular flexibility index (Phi) is 30.7. The van der Waals surface area contributed by atoms with E-state index < -0.39 is 0 Å². The maximum Gasteiger partial charge on any atom is 0.0848 e. The Morgan fingerprint density at radius 3 is 1.21 bits per heavy atom. The van der Waals surface area contributed by atoms with Crippen LogP contribution in [0.5, 0.6) is 0 Å². The van der Waals surface area contributed by atoms with E-state index >= 15 is 0 Å². The number of aliphatic imine (C=N–C) groups is 2. The molecule has 3 heteroatoms. The van der Waals surface area contributed by atoms with E-state index in [-0.39, 0.29) is 16.5 Å².